The topological polar surface area (TPSA) is 29.5 Å². The van der Waals surface area contributed by atoms with Gasteiger partial charge in [0.05, 0.1) is 0 Å². The van der Waals surface area contributed by atoms with Gasteiger partial charge in [-0.2, -0.15) is 0 Å². The molecule has 0 atom stereocenters. The van der Waals surface area contributed by atoms with Crippen LogP contribution in [0.25, 0.3) is 0 Å². The SMILES string of the molecule is COC1(C(=CC(=O)C(C)C)N2CCCCC2)CCCCC1. The number of hydrogen-bond donors (Lipinski definition) is 0. The Morgan fingerprint density at radius 1 is 1.05 bits per heavy atom. The molecule has 3 nitrogen and oxygen atoms in total. The number of carbonyl (C=O) groups excluding carboxylic acids is 1. The molecule has 2 aliphatic rings. The third-order valence-electron chi connectivity index (χ3n) is 5.06. The number of piperidine rings is 1. The predicted molar refractivity (Wildman–Crippen MR) is 86.2 cm³/mol. The van der Waals surface area contributed by atoms with Gasteiger partial charge in [0, 0.05) is 37.9 Å². The van der Waals surface area contributed by atoms with Gasteiger partial charge in [-0.3, -0.25) is 4.79 Å². The fourth-order valence-electron chi connectivity index (χ4n) is 3.63. The number of carbonyl (C=O) groups is 1. The van der Waals surface area contributed by atoms with Gasteiger partial charge in [-0.15, -0.1) is 0 Å². The first kappa shape index (κ1) is 16.5. The molecule has 0 aromatic carbocycles. The molecule has 120 valence electrons. The number of ketones is 1. The van der Waals surface area contributed by atoms with Crippen molar-refractivity contribution in [1.82, 2.24) is 4.90 Å². The van der Waals surface area contributed by atoms with E-state index in [4.69, 9.17) is 4.74 Å². The molecule has 1 heterocycles. The summed E-state index contributed by atoms with van der Waals surface area (Å²) < 4.78 is 6.01. The minimum Gasteiger partial charge on any atom is -0.372 e. The van der Waals surface area contributed by atoms with E-state index < -0.39 is 0 Å². The fourth-order valence-corrected chi connectivity index (χ4v) is 3.63. The lowest BCUT2D eigenvalue weighted by Crippen LogP contribution is -2.45. The van der Waals surface area contributed by atoms with E-state index in [9.17, 15) is 4.79 Å². The van der Waals surface area contributed by atoms with Crippen LogP contribution in [0.15, 0.2) is 11.8 Å². The molecular weight excluding hydrogens is 262 g/mol. The first-order valence-electron chi connectivity index (χ1n) is 8.65. The molecule has 0 radical (unpaired) electrons. The minimum absolute atomic E-state index is 0.0577. The zero-order chi connectivity index (χ0) is 15.3. The molecule has 0 spiro atoms. The first-order chi connectivity index (χ1) is 10.1. The van der Waals surface area contributed by atoms with Crippen molar-refractivity contribution in [3.8, 4) is 0 Å². The average Bonchev–Trinajstić information content (AvgIpc) is 2.53. The summed E-state index contributed by atoms with van der Waals surface area (Å²) in [6.07, 6.45) is 11.5. The number of likely N-dealkylation sites (tertiary alicyclic amines) is 1. The summed E-state index contributed by atoms with van der Waals surface area (Å²) in [4.78, 5) is 14.8. The second-order valence-corrected chi connectivity index (χ2v) is 6.89. The van der Waals surface area contributed by atoms with Gasteiger partial charge in [-0.05, 0) is 32.1 Å². The van der Waals surface area contributed by atoms with Gasteiger partial charge in [0.2, 0.25) is 0 Å². The van der Waals surface area contributed by atoms with E-state index in [0.29, 0.717) is 0 Å². The zero-order valence-corrected chi connectivity index (χ0v) is 14.0. The lowest BCUT2D eigenvalue weighted by Gasteiger charge is -2.44. The Bertz CT molecular complexity index is 375. The maximum absolute atomic E-state index is 12.3. The highest BCUT2D eigenvalue weighted by Crippen LogP contribution is 2.39. The van der Waals surface area contributed by atoms with E-state index in [1.165, 1.54) is 44.2 Å². The van der Waals surface area contributed by atoms with E-state index in [2.05, 4.69) is 4.90 Å². The van der Waals surface area contributed by atoms with Crippen molar-refractivity contribution in [2.75, 3.05) is 20.2 Å². The lowest BCUT2D eigenvalue weighted by atomic mass is 9.80. The average molecular weight is 293 g/mol. The summed E-state index contributed by atoms with van der Waals surface area (Å²) in [6, 6.07) is 0. The molecule has 1 aliphatic heterocycles. The van der Waals surface area contributed by atoms with Crippen LogP contribution in [-0.4, -0.2) is 36.5 Å². The molecule has 2 rings (SSSR count). The number of nitrogens with zero attached hydrogens (tertiary/aromatic N) is 1. The van der Waals surface area contributed by atoms with Crippen LogP contribution in [0.5, 0.6) is 0 Å². The highest BCUT2D eigenvalue weighted by atomic mass is 16.5. The predicted octanol–water partition coefficient (Wildman–Crippen LogP) is 3.93. The van der Waals surface area contributed by atoms with Crippen molar-refractivity contribution in [2.24, 2.45) is 5.92 Å². The van der Waals surface area contributed by atoms with Crippen LogP contribution >= 0.6 is 0 Å². The Labute approximate surface area is 129 Å². The van der Waals surface area contributed by atoms with Crippen LogP contribution in [0.2, 0.25) is 0 Å². The molecule has 2 fully saturated rings. The second kappa shape index (κ2) is 7.44. The van der Waals surface area contributed by atoms with Crippen molar-refractivity contribution in [1.29, 1.82) is 0 Å². The number of rotatable bonds is 5. The van der Waals surface area contributed by atoms with Gasteiger partial charge < -0.3 is 9.64 Å². The Balaban J connectivity index is 2.31. The Morgan fingerprint density at radius 3 is 2.14 bits per heavy atom. The van der Waals surface area contributed by atoms with Crippen molar-refractivity contribution in [3.63, 3.8) is 0 Å². The highest BCUT2D eigenvalue weighted by Gasteiger charge is 2.39. The summed E-state index contributed by atoms with van der Waals surface area (Å²) in [5, 5.41) is 0. The molecule has 0 N–H and O–H groups in total. The highest BCUT2D eigenvalue weighted by molar-refractivity contribution is 5.92. The maximum atomic E-state index is 12.3. The van der Waals surface area contributed by atoms with Crippen LogP contribution in [-0.2, 0) is 9.53 Å². The summed E-state index contributed by atoms with van der Waals surface area (Å²) in [6.45, 7) is 6.10. The monoisotopic (exact) mass is 293 g/mol. The van der Waals surface area contributed by atoms with Crippen LogP contribution < -0.4 is 0 Å². The normalized spacial score (nSPS) is 23.4. The van der Waals surface area contributed by atoms with Gasteiger partial charge in [-0.25, -0.2) is 0 Å². The molecular formula is C18H31NO2. The van der Waals surface area contributed by atoms with Crippen LogP contribution in [0.4, 0.5) is 0 Å². The van der Waals surface area contributed by atoms with Gasteiger partial charge in [0.1, 0.15) is 5.60 Å². The molecule has 0 amide bonds. The van der Waals surface area contributed by atoms with Gasteiger partial charge in [-0.1, -0.05) is 33.1 Å². The van der Waals surface area contributed by atoms with E-state index >= 15 is 0 Å². The van der Waals surface area contributed by atoms with E-state index in [1.807, 2.05) is 27.0 Å². The zero-order valence-electron chi connectivity index (χ0n) is 14.0. The van der Waals surface area contributed by atoms with Crippen molar-refractivity contribution in [3.05, 3.63) is 11.8 Å². The quantitative estimate of drug-likeness (QED) is 0.719. The second-order valence-electron chi connectivity index (χ2n) is 6.89. The van der Waals surface area contributed by atoms with E-state index in [0.717, 1.165) is 25.9 Å². The smallest absolute Gasteiger partial charge is 0.160 e. The van der Waals surface area contributed by atoms with Crippen molar-refractivity contribution in [2.45, 2.75) is 70.8 Å². The molecule has 1 aliphatic carbocycles. The molecule has 1 saturated heterocycles. The number of ether oxygens (including phenoxy) is 1. The summed E-state index contributed by atoms with van der Waals surface area (Å²) >= 11 is 0. The van der Waals surface area contributed by atoms with Crippen LogP contribution in [0, 0.1) is 5.92 Å². The van der Waals surface area contributed by atoms with E-state index in [1.54, 1.807) is 0 Å². The maximum Gasteiger partial charge on any atom is 0.160 e. The molecule has 0 bridgehead atoms. The first-order valence-corrected chi connectivity index (χ1v) is 8.65. The van der Waals surface area contributed by atoms with Gasteiger partial charge >= 0.3 is 0 Å². The number of allylic oxidation sites excluding steroid dienone is 1. The Kier molecular flexibility index (Phi) is 5.86. The Hall–Kier alpha value is -0.830. The summed E-state index contributed by atoms with van der Waals surface area (Å²) in [7, 11) is 1.82. The molecule has 0 aromatic rings. The summed E-state index contributed by atoms with van der Waals surface area (Å²) in [5.41, 5.74) is 0.947. The van der Waals surface area contributed by atoms with Crippen molar-refractivity contribution < 1.29 is 9.53 Å². The third-order valence-corrected chi connectivity index (χ3v) is 5.06. The molecule has 1 saturated carbocycles. The number of methoxy groups -OCH3 is 1. The van der Waals surface area contributed by atoms with Crippen LogP contribution in [0.3, 0.4) is 0 Å². The van der Waals surface area contributed by atoms with Gasteiger partial charge in [0.25, 0.3) is 0 Å². The van der Waals surface area contributed by atoms with Crippen LogP contribution in [0.1, 0.15) is 65.2 Å². The number of hydrogen-bond acceptors (Lipinski definition) is 3. The van der Waals surface area contributed by atoms with E-state index in [-0.39, 0.29) is 17.3 Å². The molecule has 21 heavy (non-hydrogen) atoms. The van der Waals surface area contributed by atoms with Crippen molar-refractivity contribution >= 4 is 5.78 Å². The fraction of sp³-hybridized carbons (Fsp3) is 0.833. The summed E-state index contributed by atoms with van der Waals surface area (Å²) in [5.74, 6) is 0.292. The third kappa shape index (κ3) is 3.88. The van der Waals surface area contributed by atoms with Gasteiger partial charge in [0.15, 0.2) is 5.78 Å². The lowest BCUT2D eigenvalue weighted by molar-refractivity contribution is -0.117. The minimum atomic E-state index is -0.222. The Morgan fingerprint density at radius 2 is 1.62 bits per heavy atom. The standard InChI is InChI=1S/C18H31NO2/c1-15(2)16(20)14-17(19-12-8-5-9-13-19)18(21-3)10-6-4-7-11-18/h14-15H,4-13H2,1-3H3. The molecule has 3 heteroatoms. The molecule has 0 unspecified atom stereocenters. The largest absolute Gasteiger partial charge is 0.372 e. The molecule has 0 aromatic heterocycles.